The first-order valence-corrected chi connectivity index (χ1v) is 17.8. The van der Waals surface area contributed by atoms with Crippen molar-refractivity contribution in [3.8, 4) is 11.8 Å². The molecule has 3 N–H and O–H groups in total. The molecule has 4 aromatic rings. The summed E-state index contributed by atoms with van der Waals surface area (Å²) in [5.41, 5.74) is 6.58. The Hall–Kier alpha value is -6.68. The Morgan fingerprint density at radius 1 is 0.982 bits per heavy atom. The zero-order chi connectivity index (χ0) is 38.3. The van der Waals surface area contributed by atoms with Crippen LogP contribution in [0.2, 0.25) is 0 Å². The minimum absolute atomic E-state index is 0.00617. The van der Waals surface area contributed by atoms with Crippen LogP contribution in [0, 0.1) is 6.92 Å². The molecule has 0 saturated carbocycles. The Morgan fingerprint density at radius 2 is 1.78 bits per heavy atom. The molecule has 3 aliphatic rings. The predicted octanol–water partition coefficient (Wildman–Crippen LogP) is 3.11. The highest BCUT2D eigenvalue weighted by molar-refractivity contribution is 6.24. The van der Waals surface area contributed by atoms with Gasteiger partial charge in [0, 0.05) is 37.7 Å². The van der Waals surface area contributed by atoms with Crippen LogP contribution in [0.1, 0.15) is 50.2 Å². The van der Waals surface area contributed by atoms with E-state index in [0.29, 0.717) is 56.7 Å². The van der Waals surface area contributed by atoms with Crippen LogP contribution in [0.25, 0.3) is 0 Å². The quantitative estimate of drug-likeness (QED) is 0.103. The monoisotopic (exact) mass is 746 g/mol. The molecule has 2 saturated heterocycles. The van der Waals surface area contributed by atoms with Gasteiger partial charge in [0.2, 0.25) is 11.8 Å². The smallest absolute Gasteiger partial charge is 0.320 e. The number of piperidine rings is 1. The molecule has 0 bridgehead atoms. The Kier molecular flexibility index (Phi) is 11.0. The number of carbonyl (C=O) groups excluding carboxylic acids is 5. The normalized spacial score (nSPS) is 16.9. The first-order valence-electron chi connectivity index (χ1n) is 17.8. The number of hydrogen-bond donors (Lipinski definition) is 3. The highest BCUT2D eigenvalue weighted by Crippen LogP contribution is 2.33. The molecule has 16 nitrogen and oxygen atoms in total. The second-order valence-electron chi connectivity index (χ2n) is 13.0. The highest BCUT2D eigenvalue weighted by atomic mass is 16.5. The molecule has 1 aromatic heterocycles. The molecule has 3 aliphatic heterocycles. The number of imide groups is 2. The van der Waals surface area contributed by atoms with Gasteiger partial charge >= 0.3 is 6.01 Å². The van der Waals surface area contributed by atoms with Gasteiger partial charge in [0.25, 0.3) is 17.7 Å². The Morgan fingerprint density at radius 3 is 2.56 bits per heavy atom. The summed E-state index contributed by atoms with van der Waals surface area (Å²) >= 11 is 0. The van der Waals surface area contributed by atoms with Gasteiger partial charge in [-0.3, -0.25) is 39.6 Å². The lowest BCUT2D eigenvalue weighted by atomic mass is 10.0. The van der Waals surface area contributed by atoms with Crippen LogP contribution in [-0.4, -0.2) is 96.2 Å². The maximum absolute atomic E-state index is 13.3. The summed E-state index contributed by atoms with van der Waals surface area (Å²) in [5, 5.41) is 9.28. The molecule has 7 rings (SSSR count). The van der Waals surface area contributed by atoms with Gasteiger partial charge in [-0.2, -0.15) is 15.1 Å². The van der Waals surface area contributed by atoms with Crippen molar-refractivity contribution < 1.29 is 38.2 Å². The summed E-state index contributed by atoms with van der Waals surface area (Å²) in [6, 6.07) is 20.6. The van der Waals surface area contributed by atoms with Crippen LogP contribution in [0.3, 0.4) is 0 Å². The minimum Gasteiger partial charge on any atom is -0.483 e. The van der Waals surface area contributed by atoms with Crippen LogP contribution >= 0.6 is 0 Å². The van der Waals surface area contributed by atoms with E-state index in [2.05, 4.69) is 36.0 Å². The van der Waals surface area contributed by atoms with Crippen molar-refractivity contribution in [1.29, 1.82) is 0 Å². The fourth-order valence-corrected chi connectivity index (χ4v) is 6.37. The number of amides is 5. The number of fused-ring (bicyclic) bond motifs is 1. The van der Waals surface area contributed by atoms with E-state index in [0.717, 1.165) is 21.6 Å². The highest BCUT2D eigenvalue weighted by Gasteiger charge is 2.46. The van der Waals surface area contributed by atoms with Gasteiger partial charge in [-0.25, -0.2) is 0 Å². The molecule has 1 atom stereocenters. The number of nitrogens with one attached hydrogen (secondary N) is 3. The average Bonchev–Trinajstić information content (AvgIpc) is 3.44. The molecular weight excluding hydrogens is 708 g/mol. The third-order valence-corrected chi connectivity index (χ3v) is 9.11. The number of aryl methyl sites for hydroxylation is 1. The SMILES string of the molecule is Cc1cccc(/C=N/Nc2cc(N3CCOCC3)nc(OCCc3ccc(NC(=O)COc4cccc5c4C(=O)N(C4CCC(=O)NC4=O)C5=O)cc3)n2)c1. The molecule has 2 fully saturated rings. The molecule has 282 valence electrons. The van der Waals surface area contributed by atoms with Crippen molar-refractivity contribution in [2.24, 2.45) is 5.10 Å². The fourth-order valence-electron chi connectivity index (χ4n) is 6.37. The summed E-state index contributed by atoms with van der Waals surface area (Å²) in [5.74, 6) is -1.81. The molecule has 0 radical (unpaired) electrons. The number of rotatable bonds is 13. The van der Waals surface area contributed by atoms with E-state index in [9.17, 15) is 24.0 Å². The van der Waals surface area contributed by atoms with E-state index in [1.54, 1.807) is 18.3 Å². The van der Waals surface area contributed by atoms with E-state index in [-0.39, 0.29) is 35.7 Å². The number of hydrazone groups is 1. The molecule has 16 heteroatoms. The number of anilines is 3. The largest absolute Gasteiger partial charge is 0.483 e. The number of benzene rings is 3. The Labute approximate surface area is 315 Å². The molecule has 3 aromatic carbocycles. The minimum atomic E-state index is -1.11. The van der Waals surface area contributed by atoms with E-state index in [4.69, 9.17) is 14.2 Å². The number of morpholine rings is 1. The lowest BCUT2D eigenvalue weighted by molar-refractivity contribution is -0.136. The molecule has 0 spiro atoms. The average molecular weight is 747 g/mol. The second kappa shape index (κ2) is 16.6. The van der Waals surface area contributed by atoms with Gasteiger partial charge in [0.05, 0.1) is 37.2 Å². The van der Waals surface area contributed by atoms with Crippen LogP contribution in [-0.2, 0) is 25.5 Å². The van der Waals surface area contributed by atoms with Crippen molar-refractivity contribution in [3.63, 3.8) is 0 Å². The molecule has 0 aliphatic carbocycles. The standard InChI is InChI=1S/C39H38N8O8/c1-24-4-2-5-26(20-24)22-40-45-31-21-32(46-15-18-53-19-16-46)43-39(42-31)54-17-14-25-8-10-27(11-9-25)41-34(49)23-55-30-7-3-6-28-35(30)38(52)47(37(28)51)29-12-13-33(48)44-36(29)50/h2-11,20-22,29H,12-19,23H2,1H3,(H,41,49)(H,42,43,45)(H,44,48,50)/b40-22+. The summed E-state index contributed by atoms with van der Waals surface area (Å²) in [7, 11) is 0. The second-order valence-corrected chi connectivity index (χ2v) is 13.0. The number of nitrogens with zero attached hydrogens (tertiary/aromatic N) is 5. The summed E-state index contributed by atoms with van der Waals surface area (Å²) in [4.78, 5) is 75.3. The fraction of sp³-hybridized carbons (Fsp3) is 0.282. The van der Waals surface area contributed by atoms with Crippen molar-refractivity contribution in [2.75, 3.05) is 55.2 Å². The van der Waals surface area contributed by atoms with Gasteiger partial charge in [-0.05, 0) is 48.7 Å². The molecule has 1 unspecified atom stereocenters. The van der Waals surface area contributed by atoms with Crippen LogP contribution in [0.15, 0.2) is 77.9 Å². The maximum Gasteiger partial charge on any atom is 0.320 e. The van der Waals surface area contributed by atoms with E-state index in [1.165, 1.54) is 18.2 Å². The van der Waals surface area contributed by atoms with Crippen LogP contribution in [0.5, 0.6) is 11.8 Å². The molecule has 55 heavy (non-hydrogen) atoms. The van der Waals surface area contributed by atoms with Crippen LogP contribution < -0.4 is 30.4 Å². The first-order chi connectivity index (χ1) is 26.7. The van der Waals surface area contributed by atoms with Gasteiger partial charge in [-0.15, -0.1) is 0 Å². The Bertz CT molecular complexity index is 2150. The third kappa shape index (κ3) is 8.76. The summed E-state index contributed by atoms with van der Waals surface area (Å²) < 4.78 is 17.2. The topological polar surface area (TPSA) is 194 Å². The van der Waals surface area contributed by atoms with Gasteiger partial charge in [0.1, 0.15) is 17.6 Å². The summed E-state index contributed by atoms with van der Waals surface area (Å²) in [6.45, 7) is 4.46. The predicted molar refractivity (Wildman–Crippen MR) is 200 cm³/mol. The lowest BCUT2D eigenvalue weighted by Crippen LogP contribution is -2.54. The zero-order valence-electron chi connectivity index (χ0n) is 29.9. The zero-order valence-corrected chi connectivity index (χ0v) is 29.9. The third-order valence-electron chi connectivity index (χ3n) is 9.11. The molecular formula is C39H38N8O8. The number of aromatic nitrogens is 2. The number of hydrogen-bond acceptors (Lipinski definition) is 13. The first kappa shape index (κ1) is 36.7. The molecule has 5 amide bonds. The van der Waals surface area contributed by atoms with Gasteiger partial charge in [-0.1, -0.05) is 48.0 Å². The van der Waals surface area contributed by atoms with E-state index in [1.807, 2.05) is 49.4 Å². The van der Waals surface area contributed by atoms with Crippen LogP contribution in [0.4, 0.5) is 17.3 Å². The van der Waals surface area contributed by atoms with E-state index >= 15 is 0 Å². The van der Waals surface area contributed by atoms with Crippen molar-refractivity contribution in [2.45, 2.75) is 32.2 Å². The van der Waals surface area contributed by atoms with E-state index < -0.39 is 42.2 Å². The number of carbonyl (C=O) groups is 5. The number of ether oxygens (including phenoxy) is 3. The maximum atomic E-state index is 13.3. The van der Waals surface area contributed by atoms with Crippen molar-refractivity contribution in [1.82, 2.24) is 20.2 Å². The van der Waals surface area contributed by atoms with Crippen molar-refractivity contribution >= 4 is 53.1 Å². The van der Waals surface area contributed by atoms with Crippen molar-refractivity contribution in [3.05, 3.63) is 101 Å². The Balaban J connectivity index is 0.921. The lowest BCUT2D eigenvalue weighted by Gasteiger charge is -2.28. The summed E-state index contributed by atoms with van der Waals surface area (Å²) in [6.07, 6.45) is 2.30. The van der Waals surface area contributed by atoms with Gasteiger partial charge in [0.15, 0.2) is 12.4 Å². The van der Waals surface area contributed by atoms with Gasteiger partial charge < -0.3 is 24.4 Å². The molecule has 4 heterocycles.